The Hall–Kier alpha value is -1.55. The quantitative estimate of drug-likeness (QED) is 0.704. The summed E-state index contributed by atoms with van der Waals surface area (Å²) in [5.74, 6) is 0.961. The molecule has 0 spiro atoms. The Labute approximate surface area is 151 Å². The van der Waals surface area contributed by atoms with Crippen LogP contribution in [-0.4, -0.2) is 56.2 Å². The van der Waals surface area contributed by atoms with Crippen LogP contribution in [0.15, 0.2) is 54.6 Å². The molecule has 1 aliphatic rings. The molecule has 2 aromatic rings. The highest BCUT2D eigenvalue weighted by Crippen LogP contribution is 2.22. The number of piperazine rings is 1. The minimum absolute atomic E-state index is 0. The van der Waals surface area contributed by atoms with Crippen molar-refractivity contribution < 1.29 is 17.1 Å². The van der Waals surface area contributed by atoms with Gasteiger partial charge in [0.15, 0.2) is 0 Å². The van der Waals surface area contributed by atoms with Gasteiger partial charge in [-0.3, -0.25) is 0 Å². The summed E-state index contributed by atoms with van der Waals surface area (Å²) in [6.45, 7) is 6.65. The molecule has 0 aliphatic carbocycles. The predicted octanol–water partition coefficient (Wildman–Crippen LogP) is 0.374. The second-order valence-electron chi connectivity index (χ2n) is 6.24. The van der Waals surface area contributed by atoms with Crippen LogP contribution in [0.1, 0.15) is 6.42 Å². The molecule has 1 fully saturated rings. The largest absolute Gasteiger partial charge is 1.00 e. The van der Waals surface area contributed by atoms with E-state index in [1.54, 1.807) is 0 Å². The minimum atomic E-state index is 0. The van der Waals surface area contributed by atoms with E-state index in [1.165, 1.54) is 37.3 Å². The first-order chi connectivity index (χ1) is 11.3. The fourth-order valence-electron chi connectivity index (χ4n) is 2.92. The highest BCUT2D eigenvalue weighted by molar-refractivity contribution is 5.63. The van der Waals surface area contributed by atoms with Crippen molar-refractivity contribution in [1.29, 1.82) is 0 Å². The molecule has 0 saturated carbocycles. The van der Waals surface area contributed by atoms with E-state index in [-0.39, 0.29) is 12.4 Å². The van der Waals surface area contributed by atoms with Crippen molar-refractivity contribution in [2.24, 2.45) is 0 Å². The predicted molar refractivity (Wildman–Crippen MR) is 95.9 cm³/mol. The zero-order valence-electron chi connectivity index (χ0n) is 14.3. The number of halogens is 1. The lowest BCUT2D eigenvalue weighted by Gasteiger charge is -2.32. The molecule has 0 radical (unpaired) electrons. The molecule has 130 valence electrons. The Morgan fingerprint density at radius 2 is 1.46 bits per heavy atom. The molecule has 0 aromatic heterocycles. The van der Waals surface area contributed by atoms with Gasteiger partial charge in [-0.25, -0.2) is 0 Å². The Morgan fingerprint density at radius 1 is 0.833 bits per heavy atom. The lowest BCUT2D eigenvalue weighted by atomic mass is 10.1. The Balaban J connectivity index is 0.00000208. The van der Waals surface area contributed by atoms with Crippen LogP contribution < -0.4 is 17.1 Å². The number of rotatable bonds is 6. The normalized spacial score (nSPS) is 15.7. The summed E-state index contributed by atoms with van der Waals surface area (Å²) < 4.78 is 5.87. The van der Waals surface area contributed by atoms with E-state index in [4.69, 9.17) is 4.74 Å². The SMILES string of the molecule is CN1CCN(CCCOc2ccc(-c3ccccc3)cc2)CC1.[Cl-]. The van der Waals surface area contributed by atoms with Crippen molar-refractivity contribution in [3.05, 3.63) is 54.6 Å². The van der Waals surface area contributed by atoms with Gasteiger partial charge in [-0.05, 0) is 36.7 Å². The molecule has 3 nitrogen and oxygen atoms in total. The average Bonchev–Trinajstić information content (AvgIpc) is 2.62. The molecular weight excluding hydrogens is 320 g/mol. The van der Waals surface area contributed by atoms with Gasteiger partial charge >= 0.3 is 0 Å². The summed E-state index contributed by atoms with van der Waals surface area (Å²) >= 11 is 0. The van der Waals surface area contributed by atoms with E-state index in [2.05, 4.69) is 65.4 Å². The van der Waals surface area contributed by atoms with E-state index in [0.29, 0.717) is 0 Å². The van der Waals surface area contributed by atoms with Crippen LogP contribution in [0.4, 0.5) is 0 Å². The van der Waals surface area contributed by atoms with Gasteiger partial charge in [0, 0.05) is 32.7 Å². The van der Waals surface area contributed by atoms with Crippen LogP contribution in [0.2, 0.25) is 0 Å². The zero-order valence-corrected chi connectivity index (χ0v) is 15.1. The van der Waals surface area contributed by atoms with Gasteiger partial charge in [-0.15, -0.1) is 0 Å². The summed E-state index contributed by atoms with van der Waals surface area (Å²) in [5.41, 5.74) is 2.48. The number of benzene rings is 2. The van der Waals surface area contributed by atoms with E-state index >= 15 is 0 Å². The van der Waals surface area contributed by atoms with Gasteiger partial charge in [-0.1, -0.05) is 42.5 Å². The molecule has 3 rings (SSSR count). The third-order valence-corrected chi connectivity index (χ3v) is 4.44. The van der Waals surface area contributed by atoms with E-state index in [0.717, 1.165) is 25.3 Å². The van der Waals surface area contributed by atoms with Gasteiger partial charge in [0.25, 0.3) is 0 Å². The molecule has 0 unspecified atom stereocenters. The van der Waals surface area contributed by atoms with Crippen LogP contribution >= 0.6 is 0 Å². The summed E-state index contributed by atoms with van der Waals surface area (Å²) in [4.78, 5) is 4.92. The molecule has 1 aliphatic heterocycles. The fraction of sp³-hybridized carbons (Fsp3) is 0.400. The lowest BCUT2D eigenvalue weighted by Crippen LogP contribution is -3.00. The second-order valence-corrected chi connectivity index (χ2v) is 6.24. The summed E-state index contributed by atoms with van der Waals surface area (Å²) in [7, 11) is 2.19. The van der Waals surface area contributed by atoms with Crippen molar-refractivity contribution in [2.45, 2.75) is 6.42 Å². The van der Waals surface area contributed by atoms with Crippen LogP contribution in [-0.2, 0) is 0 Å². The third-order valence-electron chi connectivity index (χ3n) is 4.44. The van der Waals surface area contributed by atoms with Crippen molar-refractivity contribution in [1.82, 2.24) is 9.80 Å². The average molecular weight is 346 g/mol. The number of nitrogens with zero attached hydrogens (tertiary/aromatic N) is 2. The molecule has 24 heavy (non-hydrogen) atoms. The molecule has 0 atom stereocenters. The fourth-order valence-corrected chi connectivity index (χ4v) is 2.92. The molecule has 2 aromatic carbocycles. The topological polar surface area (TPSA) is 15.7 Å². The zero-order chi connectivity index (χ0) is 15.9. The second kappa shape index (κ2) is 9.67. The van der Waals surface area contributed by atoms with Crippen LogP contribution in [0.5, 0.6) is 5.75 Å². The number of hydrogen-bond donors (Lipinski definition) is 0. The molecule has 0 bridgehead atoms. The highest BCUT2D eigenvalue weighted by atomic mass is 35.5. The number of hydrogen-bond acceptors (Lipinski definition) is 3. The van der Waals surface area contributed by atoms with Crippen LogP contribution in [0.3, 0.4) is 0 Å². The Kier molecular flexibility index (Phi) is 7.57. The van der Waals surface area contributed by atoms with Gasteiger partial charge in [0.05, 0.1) is 6.61 Å². The van der Waals surface area contributed by atoms with E-state index in [1.807, 2.05) is 6.07 Å². The Morgan fingerprint density at radius 3 is 2.12 bits per heavy atom. The van der Waals surface area contributed by atoms with Crippen molar-refractivity contribution >= 4 is 0 Å². The molecule has 0 N–H and O–H groups in total. The van der Waals surface area contributed by atoms with Gasteiger partial charge in [0.2, 0.25) is 0 Å². The highest BCUT2D eigenvalue weighted by Gasteiger charge is 2.12. The lowest BCUT2D eigenvalue weighted by molar-refractivity contribution is -0.00000519. The maximum absolute atomic E-state index is 5.87. The maximum Gasteiger partial charge on any atom is 0.119 e. The molecular formula is C20H26ClN2O-. The van der Waals surface area contributed by atoms with E-state index < -0.39 is 0 Å². The first-order valence-electron chi connectivity index (χ1n) is 8.50. The minimum Gasteiger partial charge on any atom is -1.00 e. The van der Waals surface area contributed by atoms with Gasteiger partial charge < -0.3 is 26.9 Å². The maximum atomic E-state index is 5.87. The molecule has 1 saturated heterocycles. The molecule has 0 amide bonds. The monoisotopic (exact) mass is 345 g/mol. The standard InChI is InChI=1S/C20H26N2O.ClH/c1-21-13-15-22(16-14-21)12-5-17-23-20-10-8-19(9-11-20)18-6-3-2-4-7-18;/h2-4,6-11H,5,12-17H2,1H3;1H/p-1. The molecule has 1 heterocycles. The van der Waals surface area contributed by atoms with Crippen LogP contribution in [0.25, 0.3) is 11.1 Å². The van der Waals surface area contributed by atoms with Crippen molar-refractivity contribution in [3.8, 4) is 16.9 Å². The van der Waals surface area contributed by atoms with Gasteiger partial charge in [-0.2, -0.15) is 0 Å². The Bertz CT molecular complexity index is 580. The summed E-state index contributed by atoms with van der Waals surface area (Å²) in [6.07, 6.45) is 1.09. The van der Waals surface area contributed by atoms with Crippen molar-refractivity contribution in [2.75, 3.05) is 46.4 Å². The number of ether oxygens (including phenoxy) is 1. The number of likely N-dealkylation sites (N-methyl/N-ethyl adjacent to an activating group) is 1. The first-order valence-corrected chi connectivity index (χ1v) is 8.50. The third kappa shape index (κ3) is 5.52. The smallest absolute Gasteiger partial charge is 0.119 e. The first kappa shape index (κ1) is 18.8. The molecule has 4 heteroatoms. The van der Waals surface area contributed by atoms with Crippen LogP contribution in [0, 0.1) is 0 Å². The van der Waals surface area contributed by atoms with Crippen molar-refractivity contribution in [3.63, 3.8) is 0 Å². The summed E-state index contributed by atoms with van der Waals surface area (Å²) in [5, 5.41) is 0. The van der Waals surface area contributed by atoms with Gasteiger partial charge in [0.1, 0.15) is 5.75 Å². The summed E-state index contributed by atoms with van der Waals surface area (Å²) in [6, 6.07) is 18.8. The van der Waals surface area contributed by atoms with E-state index in [9.17, 15) is 0 Å².